The van der Waals surface area contributed by atoms with Crippen LogP contribution >= 0.6 is 0 Å². The van der Waals surface area contributed by atoms with Gasteiger partial charge in [0.2, 0.25) is 21.8 Å². The van der Waals surface area contributed by atoms with Gasteiger partial charge >= 0.3 is 0 Å². The summed E-state index contributed by atoms with van der Waals surface area (Å²) in [7, 11) is -3.49. The van der Waals surface area contributed by atoms with Crippen molar-refractivity contribution in [1.82, 2.24) is 10.2 Å². The Balaban J connectivity index is 2.07. The first-order chi connectivity index (χ1) is 15.6. The van der Waals surface area contributed by atoms with Gasteiger partial charge in [-0.3, -0.25) is 13.9 Å². The van der Waals surface area contributed by atoms with Crippen molar-refractivity contribution < 1.29 is 18.0 Å². The molecule has 8 heteroatoms. The molecule has 2 aromatic carbocycles. The molecule has 0 aromatic heterocycles. The second-order valence-electron chi connectivity index (χ2n) is 8.17. The normalized spacial score (nSPS) is 12.1. The molecule has 2 aromatic rings. The van der Waals surface area contributed by atoms with Crippen molar-refractivity contribution in [2.75, 3.05) is 30.2 Å². The van der Waals surface area contributed by atoms with E-state index in [2.05, 4.69) is 5.32 Å². The molecule has 2 rings (SSSR count). The Morgan fingerprint density at radius 1 is 1.00 bits per heavy atom. The summed E-state index contributed by atoms with van der Waals surface area (Å²) in [5, 5.41) is 2.78. The fraction of sp³-hybridized carbons (Fsp3) is 0.440. The van der Waals surface area contributed by atoms with E-state index < -0.39 is 16.1 Å². The maximum Gasteiger partial charge on any atom is 0.242 e. The molecule has 2 amide bonds. The first kappa shape index (κ1) is 26.4. The summed E-state index contributed by atoms with van der Waals surface area (Å²) >= 11 is 0. The predicted molar refractivity (Wildman–Crippen MR) is 133 cm³/mol. The van der Waals surface area contributed by atoms with Crippen LogP contribution in [0.25, 0.3) is 0 Å². The number of rotatable bonds is 12. The summed E-state index contributed by atoms with van der Waals surface area (Å²) in [6, 6.07) is 16.4. The number of anilines is 1. The molecule has 0 aliphatic carbocycles. The first-order valence-corrected chi connectivity index (χ1v) is 13.1. The van der Waals surface area contributed by atoms with E-state index in [1.165, 1.54) is 4.31 Å². The number of benzene rings is 2. The highest BCUT2D eigenvalue weighted by Gasteiger charge is 2.26. The van der Waals surface area contributed by atoms with Crippen LogP contribution in [0.2, 0.25) is 0 Å². The van der Waals surface area contributed by atoms with Crippen molar-refractivity contribution in [2.45, 2.75) is 46.1 Å². The molecule has 0 bridgehead atoms. The quantitative estimate of drug-likeness (QED) is 0.513. The molecule has 1 atom stereocenters. The van der Waals surface area contributed by atoms with E-state index >= 15 is 0 Å². The standard InChI is InChI=1S/C25H35N3O4S/c1-5-26-25(30)21(3)27(19-17-22-10-7-6-8-11-22)24(29)12-9-18-28(33(4,31)32)23-15-13-20(2)14-16-23/h6-8,10-11,13-16,21H,5,9,12,17-19H2,1-4H3,(H,26,30)/t21-/m1/s1. The molecule has 0 aliphatic rings. The lowest BCUT2D eigenvalue weighted by Crippen LogP contribution is -2.48. The molecule has 7 nitrogen and oxygen atoms in total. The Morgan fingerprint density at radius 2 is 1.64 bits per heavy atom. The molecule has 180 valence electrons. The van der Waals surface area contributed by atoms with Crippen molar-refractivity contribution in [1.29, 1.82) is 0 Å². The Bertz CT molecular complexity index is 1010. The number of hydrogen-bond donors (Lipinski definition) is 1. The zero-order valence-corrected chi connectivity index (χ0v) is 20.8. The van der Waals surface area contributed by atoms with Crippen molar-refractivity contribution >= 4 is 27.5 Å². The van der Waals surface area contributed by atoms with Crippen molar-refractivity contribution in [3.05, 3.63) is 65.7 Å². The van der Waals surface area contributed by atoms with Crippen molar-refractivity contribution in [3.63, 3.8) is 0 Å². The van der Waals surface area contributed by atoms with Crippen LogP contribution in [0.3, 0.4) is 0 Å². The average molecular weight is 474 g/mol. The Labute approximate surface area is 197 Å². The number of likely N-dealkylation sites (N-methyl/N-ethyl adjacent to an activating group) is 1. The first-order valence-electron chi connectivity index (χ1n) is 11.3. The molecule has 33 heavy (non-hydrogen) atoms. The van der Waals surface area contributed by atoms with E-state index in [4.69, 9.17) is 0 Å². The van der Waals surface area contributed by atoms with Crippen LogP contribution in [-0.2, 0) is 26.0 Å². The maximum atomic E-state index is 13.1. The highest BCUT2D eigenvalue weighted by atomic mass is 32.2. The third kappa shape index (κ3) is 8.20. The summed E-state index contributed by atoms with van der Waals surface area (Å²) in [5.41, 5.74) is 2.70. The van der Waals surface area contributed by atoms with E-state index in [0.29, 0.717) is 31.6 Å². The Kier molecular flexibility index (Phi) is 9.91. The van der Waals surface area contributed by atoms with Crippen LogP contribution in [0.1, 0.15) is 37.8 Å². The lowest BCUT2D eigenvalue weighted by atomic mass is 10.1. The van der Waals surface area contributed by atoms with Gasteiger partial charge in [0.15, 0.2) is 0 Å². The van der Waals surface area contributed by atoms with Crippen molar-refractivity contribution in [2.24, 2.45) is 0 Å². The molecule has 0 saturated heterocycles. The van der Waals surface area contributed by atoms with Gasteiger partial charge in [0, 0.05) is 26.1 Å². The van der Waals surface area contributed by atoms with Gasteiger partial charge in [0.25, 0.3) is 0 Å². The van der Waals surface area contributed by atoms with Gasteiger partial charge in [0.1, 0.15) is 6.04 Å². The van der Waals surface area contributed by atoms with Gasteiger partial charge in [0.05, 0.1) is 11.9 Å². The highest BCUT2D eigenvalue weighted by Crippen LogP contribution is 2.19. The number of aryl methyl sites for hydroxylation is 1. The lowest BCUT2D eigenvalue weighted by Gasteiger charge is -2.29. The molecule has 0 spiro atoms. The van der Waals surface area contributed by atoms with Gasteiger partial charge in [-0.2, -0.15) is 0 Å². The largest absolute Gasteiger partial charge is 0.355 e. The zero-order chi connectivity index (χ0) is 24.4. The van der Waals surface area contributed by atoms with E-state index in [1.807, 2.05) is 56.3 Å². The second kappa shape index (κ2) is 12.4. The molecular formula is C25H35N3O4S. The number of carbonyl (C=O) groups is 2. The SMILES string of the molecule is CCNC(=O)[C@@H](C)N(CCc1ccccc1)C(=O)CCCN(c1ccc(C)cc1)S(C)(=O)=O. The predicted octanol–water partition coefficient (Wildman–Crippen LogP) is 3.14. The van der Waals surface area contributed by atoms with E-state index in [0.717, 1.165) is 17.4 Å². The topological polar surface area (TPSA) is 86.8 Å². The van der Waals surface area contributed by atoms with Crippen LogP contribution in [0.5, 0.6) is 0 Å². The minimum Gasteiger partial charge on any atom is -0.355 e. The average Bonchev–Trinajstić information content (AvgIpc) is 2.77. The molecule has 1 N–H and O–H groups in total. The minimum atomic E-state index is -3.49. The summed E-state index contributed by atoms with van der Waals surface area (Å²) in [5.74, 6) is -0.363. The van der Waals surface area contributed by atoms with Crippen LogP contribution < -0.4 is 9.62 Å². The van der Waals surface area contributed by atoms with Crippen LogP contribution in [0, 0.1) is 6.92 Å². The fourth-order valence-corrected chi connectivity index (χ4v) is 4.57. The molecule has 0 saturated carbocycles. The summed E-state index contributed by atoms with van der Waals surface area (Å²) in [4.78, 5) is 27.1. The molecule has 0 unspecified atom stereocenters. The van der Waals surface area contributed by atoms with E-state index in [9.17, 15) is 18.0 Å². The molecular weight excluding hydrogens is 438 g/mol. The van der Waals surface area contributed by atoms with Crippen LogP contribution in [0.4, 0.5) is 5.69 Å². The van der Waals surface area contributed by atoms with Crippen LogP contribution in [0.15, 0.2) is 54.6 Å². The number of carbonyl (C=O) groups excluding carboxylic acids is 2. The molecule has 0 heterocycles. The molecule has 0 fully saturated rings. The number of nitrogens with one attached hydrogen (secondary N) is 1. The third-order valence-electron chi connectivity index (χ3n) is 5.48. The van der Waals surface area contributed by atoms with E-state index in [1.54, 1.807) is 24.0 Å². The van der Waals surface area contributed by atoms with E-state index in [-0.39, 0.29) is 24.8 Å². The van der Waals surface area contributed by atoms with Crippen molar-refractivity contribution in [3.8, 4) is 0 Å². The summed E-state index contributed by atoms with van der Waals surface area (Å²) in [6.07, 6.45) is 2.30. The van der Waals surface area contributed by atoms with Gasteiger partial charge in [-0.05, 0) is 51.3 Å². The van der Waals surface area contributed by atoms with Crippen LogP contribution in [-0.4, -0.2) is 57.1 Å². The number of amides is 2. The molecule has 0 aliphatic heterocycles. The Hall–Kier alpha value is -2.87. The molecule has 0 radical (unpaired) electrons. The monoisotopic (exact) mass is 473 g/mol. The van der Waals surface area contributed by atoms with Gasteiger partial charge < -0.3 is 10.2 Å². The third-order valence-corrected chi connectivity index (χ3v) is 6.67. The summed E-state index contributed by atoms with van der Waals surface area (Å²) < 4.78 is 26.0. The minimum absolute atomic E-state index is 0.149. The lowest BCUT2D eigenvalue weighted by molar-refractivity contribution is -0.139. The number of sulfonamides is 1. The Morgan fingerprint density at radius 3 is 2.21 bits per heavy atom. The number of nitrogens with zero attached hydrogens (tertiary/aromatic N) is 2. The number of hydrogen-bond acceptors (Lipinski definition) is 4. The summed E-state index contributed by atoms with van der Waals surface area (Å²) in [6.45, 7) is 6.59. The van der Waals surface area contributed by atoms with Gasteiger partial charge in [-0.25, -0.2) is 8.42 Å². The maximum absolute atomic E-state index is 13.1. The smallest absolute Gasteiger partial charge is 0.242 e. The second-order valence-corrected chi connectivity index (χ2v) is 10.1. The fourth-order valence-electron chi connectivity index (χ4n) is 3.61. The van der Waals surface area contributed by atoms with Gasteiger partial charge in [-0.1, -0.05) is 48.0 Å². The van der Waals surface area contributed by atoms with Gasteiger partial charge in [-0.15, -0.1) is 0 Å². The highest BCUT2D eigenvalue weighted by molar-refractivity contribution is 7.92. The zero-order valence-electron chi connectivity index (χ0n) is 20.0.